The maximum Gasteiger partial charge on any atom is 0.317 e. The van der Waals surface area contributed by atoms with Crippen molar-refractivity contribution in [3.05, 3.63) is 12.7 Å². The molecule has 0 heterocycles. The van der Waals surface area contributed by atoms with Crippen LogP contribution < -0.4 is 0 Å². The first kappa shape index (κ1) is 13.1. The topological polar surface area (TPSA) is 60.8 Å². The number of aliphatic hydroxyl groups excluding tert-OH is 1. The molecule has 4 heteroatoms. The third-order valence-corrected chi connectivity index (χ3v) is 1.97. The Morgan fingerprint density at radius 1 is 1.57 bits per heavy atom. The number of unbranched alkanes of at least 4 members (excludes halogenated alkanes) is 2. The molecule has 0 aromatic rings. The summed E-state index contributed by atoms with van der Waals surface area (Å²) in [4.78, 5) is 12.0. The van der Waals surface area contributed by atoms with E-state index in [0.717, 1.165) is 19.3 Å². The standard InChI is InChI=1S/C10H19NO3/c1-3-5-6-7-11(8-10(13)14)9(12)4-2/h4,9,12H,2-3,5-8H2,1H3,(H,13,14). The minimum absolute atomic E-state index is 0.142. The molecule has 0 aliphatic carbocycles. The van der Waals surface area contributed by atoms with Crippen LogP contribution in [-0.2, 0) is 4.79 Å². The van der Waals surface area contributed by atoms with Gasteiger partial charge in [0.25, 0.3) is 0 Å². The summed E-state index contributed by atoms with van der Waals surface area (Å²) in [5.74, 6) is -0.928. The largest absolute Gasteiger partial charge is 0.480 e. The average Bonchev–Trinajstić information content (AvgIpc) is 2.15. The van der Waals surface area contributed by atoms with Crippen LogP contribution in [0.1, 0.15) is 26.2 Å². The SMILES string of the molecule is C=CC(O)N(CCCCC)CC(=O)O. The molecular weight excluding hydrogens is 182 g/mol. The quantitative estimate of drug-likeness (QED) is 0.350. The van der Waals surface area contributed by atoms with Gasteiger partial charge in [0, 0.05) is 6.54 Å². The third kappa shape index (κ3) is 5.72. The van der Waals surface area contributed by atoms with Crippen LogP contribution in [0.2, 0.25) is 0 Å². The highest BCUT2D eigenvalue weighted by Crippen LogP contribution is 2.02. The molecular formula is C10H19NO3. The van der Waals surface area contributed by atoms with Gasteiger partial charge in [0.2, 0.25) is 0 Å². The molecule has 0 aliphatic rings. The van der Waals surface area contributed by atoms with E-state index in [9.17, 15) is 9.90 Å². The Labute approximate surface area is 84.8 Å². The first-order valence-electron chi connectivity index (χ1n) is 4.88. The number of carboxylic acids is 1. The number of aliphatic carboxylic acids is 1. The van der Waals surface area contributed by atoms with Crippen molar-refractivity contribution in [2.45, 2.75) is 32.4 Å². The van der Waals surface area contributed by atoms with Gasteiger partial charge in [0.05, 0.1) is 6.54 Å². The number of hydrogen-bond acceptors (Lipinski definition) is 3. The Morgan fingerprint density at radius 3 is 2.64 bits per heavy atom. The lowest BCUT2D eigenvalue weighted by Gasteiger charge is -2.23. The molecule has 0 saturated heterocycles. The highest BCUT2D eigenvalue weighted by atomic mass is 16.4. The van der Waals surface area contributed by atoms with Crippen molar-refractivity contribution >= 4 is 5.97 Å². The second-order valence-electron chi connectivity index (χ2n) is 3.22. The number of carboxylic acid groups (broad SMARTS) is 1. The number of nitrogens with zero attached hydrogens (tertiary/aromatic N) is 1. The van der Waals surface area contributed by atoms with Gasteiger partial charge >= 0.3 is 5.97 Å². The van der Waals surface area contributed by atoms with E-state index in [2.05, 4.69) is 13.5 Å². The van der Waals surface area contributed by atoms with Crippen molar-refractivity contribution in [3.63, 3.8) is 0 Å². The Kier molecular flexibility index (Phi) is 7.06. The molecule has 0 saturated carbocycles. The van der Waals surface area contributed by atoms with Crippen molar-refractivity contribution in [2.75, 3.05) is 13.1 Å². The van der Waals surface area contributed by atoms with Gasteiger partial charge in [0.1, 0.15) is 6.23 Å². The predicted octanol–water partition coefficient (Wildman–Crippen LogP) is 1.07. The highest BCUT2D eigenvalue weighted by molar-refractivity contribution is 5.69. The van der Waals surface area contributed by atoms with Crippen molar-refractivity contribution < 1.29 is 15.0 Å². The molecule has 0 fully saturated rings. The van der Waals surface area contributed by atoms with Gasteiger partial charge in [-0.25, -0.2) is 0 Å². The summed E-state index contributed by atoms with van der Waals surface area (Å²) in [5, 5.41) is 18.0. The van der Waals surface area contributed by atoms with Gasteiger partial charge in [-0.2, -0.15) is 0 Å². The second kappa shape index (κ2) is 7.53. The molecule has 1 atom stereocenters. The predicted molar refractivity (Wildman–Crippen MR) is 54.9 cm³/mol. The number of aliphatic hydroxyl groups is 1. The number of carbonyl (C=O) groups is 1. The third-order valence-electron chi connectivity index (χ3n) is 1.97. The van der Waals surface area contributed by atoms with E-state index in [4.69, 9.17) is 5.11 Å². The van der Waals surface area contributed by atoms with Crippen LogP contribution >= 0.6 is 0 Å². The van der Waals surface area contributed by atoms with Gasteiger partial charge in [-0.1, -0.05) is 26.3 Å². The zero-order chi connectivity index (χ0) is 11.0. The van der Waals surface area contributed by atoms with E-state index < -0.39 is 12.2 Å². The Morgan fingerprint density at radius 2 is 2.21 bits per heavy atom. The smallest absolute Gasteiger partial charge is 0.317 e. The lowest BCUT2D eigenvalue weighted by atomic mass is 10.2. The summed E-state index contributed by atoms with van der Waals surface area (Å²) in [7, 11) is 0. The van der Waals surface area contributed by atoms with Gasteiger partial charge in [-0.05, 0) is 12.5 Å². The fraction of sp³-hybridized carbons (Fsp3) is 0.700. The molecule has 0 bridgehead atoms. The zero-order valence-electron chi connectivity index (χ0n) is 8.65. The van der Waals surface area contributed by atoms with Crippen LogP contribution in [0.4, 0.5) is 0 Å². The lowest BCUT2D eigenvalue weighted by molar-refractivity contribution is -0.140. The monoisotopic (exact) mass is 201 g/mol. The van der Waals surface area contributed by atoms with E-state index in [1.807, 2.05) is 0 Å². The van der Waals surface area contributed by atoms with Crippen LogP contribution in [0.15, 0.2) is 12.7 Å². The minimum atomic E-state index is -0.928. The molecule has 0 amide bonds. The summed E-state index contributed by atoms with van der Waals surface area (Å²) < 4.78 is 0. The molecule has 0 rings (SSSR count). The Bertz CT molecular complexity index is 182. The van der Waals surface area contributed by atoms with E-state index in [1.54, 1.807) is 0 Å². The van der Waals surface area contributed by atoms with Crippen molar-refractivity contribution in [3.8, 4) is 0 Å². The average molecular weight is 201 g/mol. The molecule has 82 valence electrons. The molecule has 0 spiro atoms. The van der Waals surface area contributed by atoms with Crippen molar-refractivity contribution in [1.29, 1.82) is 0 Å². The fourth-order valence-corrected chi connectivity index (χ4v) is 1.19. The minimum Gasteiger partial charge on any atom is -0.480 e. The van der Waals surface area contributed by atoms with Crippen LogP contribution in [0.25, 0.3) is 0 Å². The molecule has 0 aromatic heterocycles. The molecule has 2 N–H and O–H groups in total. The summed E-state index contributed by atoms with van der Waals surface area (Å²) in [6, 6.07) is 0. The van der Waals surface area contributed by atoms with E-state index in [1.165, 1.54) is 11.0 Å². The summed E-state index contributed by atoms with van der Waals surface area (Å²) in [6.45, 7) is 5.96. The zero-order valence-corrected chi connectivity index (χ0v) is 8.65. The van der Waals surface area contributed by atoms with Gasteiger partial charge in [-0.3, -0.25) is 9.69 Å². The summed E-state index contributed by atoms with van der Waals surface area (Å²) in [5.41, 5.74) is 0. The van der Waals surface area contributed by atoms with Gasteiger partial charge < -0.3 is 10.2 Å². The van der Waals surface area contributed by atoms with E-state index in [-0.39, 0.29) is 6.54 Å². The van der Waals surface area contributed by atoms with Crippen LogP contribution in [-0.4, -0.2) is 40.4 Å². The molecule has 1 unspecified atom stereocenters. The van der Waals surface area contributed by atoms with E-state index >= 15 is 0 Å². The highest BCUT2D eigenvalue weighted by Gasteiger charge is 2.14. The number of rotatable bonds is 8. The van der Waals surface area contributed by atoms with E-state index in [0.29, 0.717) is 6.54 Å². The molecule has 4 nitrogen and oxygen atoms in total. The normalized spacial score (nSPS) is 12.8. The van der Waals surface area contributed by atoms with Crippen LogP contribution in [0.5, 0.6) is 0 Å². The number of hydrogen-bond donors (Lipinski definition) is 2. The van der Waals surface area contributed by atoms with Gasteiger partial charge in [-0.15, -0.1) is 0 Å². The van der Waals surface area contributed by atoms with Gasteiger partial charge in [0.15, 0.2) is 0 Å². The second-order valence-corrected chi connectivity index (χ2v) is 3.22. The lowest BCUT2D eigenvalue weighted by Crippen LogP contribution is -2.38. The summed E-state index contributed by atoms with van der Waals surface area (Å²) in [6.07, 6.45) is 3.50. The van der Waals surface area contributed by atoms with Crippen LogP contribution in [0, 0.1) is 0 Å². The Balaban J connectivity index is 3.96. The van der Waals surface area contributed by atoms with Crippen molar-refractivity contribution in [1.82, 2.24) is 4.90 Å². The van der Waals surface area contributed by atoms with Crippen molar-refractivity contribution in [2.24, 2.45) is 0 Å². The Hall–Kier alpha value is -0.870. The molecule has 14 heavy (non-hydrogen) atoms. The fourth-order valence-electron chi connectivity index (χ4n) is 1.19. The first-order valence-corrected chi connectivity index (χ1v) is 4.88. The molecule has 0 aliphatic heterocycles. The van der Waals surface area contributed by atoms with Crippen LogP contribution in [0.3, 0.4) is 0 Å². The maximum absolute atomic E-state index is 10.5. The molecule has 0 aromatic carbocycles. The first-order chi connectivity index (χ1) is 6.61. The maximum atomic E-state index is 10.5. The molecule has 0 radical (unpaired) electrons. The summed E-state index contributed by atoms with van der Waals surface area (Å²) >= 11 is 0.